The van der Waals surface area contributed by atoms with Crippen LogP contribution in [0.25, 0.3) is 0 Å². The van der Waals surface area contributed by atoms with Crippen LogP contribution in [0.5, 0.6) is 0 Å². The van der Waals surface area contributed by atoms with Crippen molar-refractivity contribution in [3.05, 3.63) is 47.3 Å². The number of oxazole rings is 1. The number of nitrogens with one attached hydrogen (secondary N) is 1. The molecule has 4 heteroatoms. The zero-order valence-corrected chi connectivity index (χ0v) is 12.7. The molecule has 0 amide bonds. The van der Waals surface area contributed by atoms with E-state index in [0.29, 0.717) is 12.1 Å². The Hall–Kier alpha value is -1.81. The van der Waals surface area contributed by atoms with Crippen LogP contribution in [0.3, 0.4) is 0 Å². The second-order valence-corrected chi connectivity index (χ2v) is 5.44. The second kappa shape index (κ2) is 6.57. The van der Waals surface area contributed by atoms with Crippen molar-refractivity contribution in [2.45, 2.75) is 39.9 Å². The Bertz CT molecular complexity index is 548. The molecule has 0 spiro atoms. The number of aromatic nitrogens is 1. The predicted molar refractivity (Wildman–Crippen MR) is 81.8 cm³/mol. The molecule has 0 saturated heterocycles. The highest BCUT2D eigenvalue weighted by Crippen LogP contribution is 2.16. The molecule has 0 aliphatic carbocycles. The van der Waals surface area contributed by atoms with Crippen LogP contribution in [0.4, 0.5) is 6.01 Å². The first-order valence-corrected chi connectivity index (χ1v) is 6.99. The number of hydrogen-bond acceptors (Lipinski definition) is 4. The van der Waals surface area contributed by atoms with E-state index in [9.17, 15) is 0 Å². The van der Waals surface area contributed by atoms with Gasteiger partial charge in [0.05, 0.1) is 5.69 Å². The van der Waals surface area contributed by atoms with Crippen molar-refractivity contribution < 1.29 is 4.42 Å². The Balaban J connectivity index is 1.99. The lowest BCUT2D eigenvalue weighted by Crippen LogP contribution is -2.22. The van der Waals surface area contributed by atoms with Gasteiger partial charge in [-0.25, -0.2) is 0 Å². The molecule has 108 valence electrons. The number of hydrogen-bond donors (Lipinski definition) is 1. The van der Waals surface area contributed by atoms with E-state index in [1.54, 1.807) is 6.26 Å². The highest BCUT2D eigenvalue weighted by molar-refractivity contribution is 5.32. The quantitative estimate of drug-likeness (QED) is 0.878. The molecule has 1 aromatic carbocycles. The van der Waals surface area contributed by atoms with Crippen molar-refractivity contribution in [2.24, 2.45) is 0 Å². The van der Waals surface area contributed by atoms with Crippen molar-refractivity contribution in [3.63, 3.8) is 0 Å². The maximum atomic E-state index is 5.55. The minimum absolute atomic E-state index is 0.444. The zero-order chi connectivity index (χ0) is 14.5. The number of nitrogens with zero attached hydrogens (tertiary/aromatic N) is 2. The summed E-state index contributed by atoms with van der Waals surface area (Å²) in [5.41, 5.74) is 3.51. The zero-order valence-electron chi connectivity index (χ0n) is 12.7. The van der Waals surface area contributed by atoms with E-state index in [-0.39, 0.29) is 0 Å². The topological polar surface area (TPSA) is 41.3 Å². The molecule has 1 aromatic heterocycles. The van der Waals surface area contributed by atoms with E-state index in [0.717, 1.165) is 18.8 Å². The Morgan fingerprint density at radius 1 is 1.30 bits per heavy atom. The summed E-state index contributed by atoms with van der Waals surface area (Å²) in [6.07, 6.45) is 1.72. The second-order valence-electron chi connectivity index (χ2n) is 5.44. The maximum absolute atomic E-state index is 5.55. The van der Waals surface area contributed by atoms with E-state index < -0.39 is 0 Å². The summed E-state index contributed by atoms with van der Waals surface area (Å²) in [6, 6.07) is 9.48. The van der Waals surface area contributed by atoms with Crippen LogP contribution in [-0.2, 0) is 13.1 Å². The SMILES string of the molecule is Cc1ccccc1CN(C)c1nc(CNC(C)C)co1. The summed E-state index contributed by atoms with van der Waals surface area (Å²) in [6.45, 7) is 7.89. The van der Waals surface area contributed by atoms with Crippen molar-refractivity contribution in [1.29, 1.82) is 0 Å². The van der Waals surface area contributed by atoms with Gasteiger partial charge < -0.3 is 14.6 Å². The summed E-state index contributed by atoms with van der Waals surface area (Å²) in [7, 11) is 2.00. The van der Waals surface area contributed by atoms with Gasteiger partial charge in [0.25, 0.3) is 6.01 Å². The molecule has 20 heavy (non-hydrogen) atoms. The van der Waals surface area contributed by atoms with Gasteiger partial charge >= 0.3 is 0 Å². The molecule has 1 N–H and O–H groups in total. The fourth-order valence-electron chi connectivity index (χ4n) is 1.97. The Kier molecular flexibility index (Phi) is 4.79. The fraction of sp³-hybridized carbons (Fsp3) is 0.438. The minimum Gasteiger partial charge on any atom is -0.432 e. The minimum atomic E-state index is 0.444. The normalized spacial score (nSPS) is 11.1. The molecule has 0 bridgehead atoms. The van der Waals surface area contributed by atoms with Crippen LogP contribution < -0.4 is 10.2 Å². The number of anilines is 1. The van der Waals surface area contributed by atoms with Crippen LogP contribution >= 0.6 is 0 Å². The summed E-state index contributed by atoms with van der Waals surface area (Å²) in [5.74, 6) is 0. The highest BCUT2D eigenvalue weighted by Gasteiger charge is 2.10. The van der Waals surface area contributed by atoms with Gasteiger partial charge in [-0.15, -0.1) is 0 Å². The van der Waals surface area contributed by atoms with Gasteiger partial charge in [0.15, 0.2) is 0 Å². The third kappa shape index (κ3) is 3.84. The molecule has 0 radical (unpaired) electrons. The predicted octanol–water partition coefficient (Wildman–Crippen LogP) is 3.12. The monoisotopic (exact) mass is 273 g/mol. The van der Waals surface area contributed by atoms with Crippen LogP contribution in [0.1, 0.15) is 30.7 Å². The molecule has 4 nitrogen and oxygen atoms in total. The van der Waals surface area contributed by atoms with Crippen molar-refractivity contribution in [2.75, 3.05) is 11.9 Å². The van der Waals surface area contributed by atoms with Crippen molar-refractivity contribution >= 4 is 6.01 Å². The molecule has 2 aromatic rings. The lowest BCUT2D eigenvalue weighted by atomic mass is 10.1. The first-order chi connectivity index (χ1) is 9.56. The highest BCUT2D eigenvalue weighted by atomic mass is 16.4. The van der Waals surface area contributed by atoms with Crippen LogP contribution in [0.2, 0.25) is 0 Å². The van der Waals surface area contributed by atoms with Gasteiger partial charge in [0, 0.05) is 26.2 Å². The first-order valence-electron chi connectivity index (χ1n) is 6.99. The van der Waals surface area contributed by atoms with Crippen molar-refractivity contribution in [3.8, 4) is 0 Å². The lowest BCUT2D eigenvalue weighted by molar-refractivity contribution is 0.539. The lowest BCUT2D eigenvalue weighted by Gasteiger charge is -2.15. The molecular weight excluding hydrogens is 250 g/mol. The number of rotatable bonds is 6. The molecule has 0 aliphatic heterocycles. The Morgan fingerprint density at radius 3 is 2.75 bits per heavy atom. The first kappa shape index (κ1) is 14.6. The average molecular weight is 273 g/mol. The van der Waals surface area contributed by atoms with Crippen LogP contribution in [0, 0.1) is 6.92 Å². The van der Waals surface area contributed by atoms with Crippen LogP contribution in [0.15, 0.2) is 34.9 Å². The van der Waals surface area contributed by atoms with Gasteiger partial charge in [-0.2, -0.15) is 4.98 Å². The van der Waals surface area contributed by atoms with Gasteiger partial charge in [-0.3, -0.25) is 0 Å². The standard InChI is InChI=1S/C16H23N3O/c1-12(2)17-9-15-11-20-16(18-15)19(4)10-14-8-6-5-7-13(14)3/h5-8,11-12,17H,9-10H2,1-4H3. The van der Waals surface area contributed by atoms with Gasteiger partial charge in [0.1, 0.15) is 6.26 Å². The van der Waals surface area contributed by atoms with Gasteiger partial charge in [-0.1, -0.05) is 38.1 Å². The molecule has 2 rings (SSSR count). The molecule has 1 heterocycles. The Labute approximate surface area is 120 Å². The molecular formula is C16H23N3O. The number of aryl methyl sites for hydroxylation is 1. The summed E-state index contributed by atoms with van der Waals surface area (Å²) >= 11 is 0. The third-order valence-electron chi connectivity index (χ3n) is 3.23. The maximum Gasteiger partial charge on any atom is 0.297 e. The largest absolute Gasteiger partial charge is 0.432 e. The van der Waals surface area contributed by atoms with E-state index >= 15 is 0 Å². The Morgan fingerprint density at radius 2 is 2.05 bits per heavy atom. The molecule has 0 unspecified atom stereocenters. The number of benzene rings is 1. The van der Waals surface area contributed by atoms with Crippen LogP contribution in [-0.4, -0.2) is 18.1 Å². The van der Waals surface area contributed by atoms with E-state index in [1.165, 1.54) is 11.1 Å². The summed E-state index contributed by atoms with van der Waals surface area (Å²) < 4.78 is 5.55. The molecule has 0 atom stereocenters. The third-order valence-corrected chi connectivity index (χ3v) is 3.23. The summed E-state index contributed by atoms with van der Waals surface area (Å²) in [4.78, 5) is 6.53. The van der Waals surface area contributed by atoms with E-state index in [4.69, 9.17) is 4.42 Å². The van der Waals surface area contributed by atoms with Crippen molar-refractivity contribution in [1.82, 2.24) is 10.3 Å². The van der Waals surface area contributed by atoms with Gasteiger partial charge in [-0.05, 0) is 18.1 Å². The summed E-state index contributed by atoms with van der Waals surface area (Å²) in [5, 5.41) is 3.33. The smallest absolute Gasteiger partial charge is 0.297 e. The average Bonchev–Trinajstić information content (AvgIpc) is 2.88. The molecule has 0 fully saturated rings. The fourth-order valence-corrected chi connectivity index (χ4v) is 1.97. The molecule has 0 aliphatic rings. The van der Waals surface area contributed by atoms with E-state index in [2.05, 4.69) is 55.3 Å². The van der Waals surface area contributed by atoms with E-state index in [1.807, 2.05) is 11.9 Å². The van der Waals surface area contributed by atoms with Gasteiger partial charge in [0.2, 0.25) is 0 Å². The molecule has 0 saturated carbocycles.